The maximum atomic E-state index is 9.56. The highest BCUT2D eigenvalue weighted by Crippen LogP contribution is 2.31. The maximum Gasteiger partial charge on any atom is 0.135 e. The molecule has 0 amide bonds. The lowest BCUT2D eigenvalue weighted by Crippen LogP contribution is -2.11. The number of ether oxygens (including phenoxy) is 1. The van der Waals surface area contributed by atoms with Crippen molar-refractivity contribution in [1.29, 1.82) is 0 Å². The average molecular weight is 260 g/mol. The van der Waals surface area contributed by atoms with Gasteiger partial charge in [0, 0.05) is 6.54 Å². The van der Waals surface area contributed by atoms with Crippen molar-refractivity contribution in [2.24, 2.45) is 5.73 Å². The fourth-order valence-corrected chi connectivity index (χ4v) is 2.08. The topological polar surface area (TPSA) is 55.5 Å². The molecule has 0 radical (unpaired) electrons. The molecule has 0 fully saturated rings. The van der Waals surface area contributed by atoms with E-state index < -0.39 is 6.10 Å². The van der Waals surface area contributed by atoms with Crippen LogP contribution in [0.4, 0.5) is 0 Å². The summed E-state index contributed by atoms with van der Waals surface area (Å²) < 4.78 is 6.02. The first-order valence-corrected chi connectivity index (χ1v) is 5.11. The lowest BCUT2D eigenvalue weighted by molar-refractivity contribution is 0.186. The van der Waals surface area contributed by atoms with Crippen molar-refractivity contribution < 1.29 is 9.84 Å². The molecule has 14 heavy (non-hydrogen) atoms. The molecule has 0 saturated carbocycles. The van der Waals surface area contributed by atoms with Crippen LogP contribution in [0.15, 0.2) is 16.6 Å². The Bertz CT molecular complexity index is 305. The molecule has 1 rings (SSSR count). The van der Waals surface area contributed by atoms with Crippen LogP contribution in [0.2, 0.25) is 0 Å². The number of aryl methyl sites for hydroxylation is 1. The maximum absolute atomic E-state index is 9.56. The first kappa shape index (κ1) is 11.5. The van der Waals surface area contributed by atoms with Gasteiger partial charge in [-0.1, -0.05) is 0 Å². The van der Waals surface area contributed by atoms with E-state index in [0.717, 1.165) is 21.3 Å². The summed E-state index contributed by atoms with van der Waals surface area (Å²) in [6, 6.07) is 3.70. The molecule has 0 bridgehead atoms. The Morgan fingerprint density at radius 1 is 1.57 bits per heavy atom. The Morgan fingerprint density at radius 3 is 2.64 bits per heavy atom. The number of halogens is 1. The minimum absolute atomic E-state index is 0.220. The number of aliphatic hydroxyl groups is 1. The number of benzene rings is 1. The minimum Gasteiger partial charge on any atom is -0.495 e. The Hall–Kier alpha value is -0.580. The molecule has 4 heteroatoms. The third-order valence-electron chi connectivity index (χ3n) is 2.06. The highest BCUT2D eigenvalue weighted by Gasteiger charge is 2.11. The van der Waals surface area contributed by atoms with Gasteiger partial charge in [-0.2, -0.15) is 0 Å². The number of hydrogen-bond acceptors (Lipinski definition) is 3. The summed E-state index contributed by atoms with van der Waals surface area (Å²) in [5.74, 6) is 0.790. The molecule has 3 N–H and O–H groups in total. The second kappa shape index (κ2) is 4.77. The van der Waals surface area contributed by atoms with E-state index in [1.807, 2.05) is 19.1 Å². The zero-order valence-electron chi connectivity index (χ0n) is 8.25. The zero-order valence-corrected chi connectivity index (χ0v) is 9.84. The lowest BCUT2D eigenvalue weighted by Gasteiger charge is -2.13. The highest BCUT2D eigenvalue weighted by atomic mass is 79.9. The van der Waals surface area contributed by atoms with Gasteiger partial charge in [0.1, 0.15) is 5.75 Å². The first-order chi connectivity index (χ1) is 6.60. The molecular formula is C10H14BrNO2. The van der Waals surface area contributed by atoms with Gasteiger partial charge in [-0.15, -0.1) is 0 Å². The second-order valence-electron chi connectivity index (χ2n) is 3.10. The van der Waals surface area contributed by atoms with Crippen LogP contribution < -0.4 is 10.5 Å². The Labute approximate surface area is 92.0 Å². The fraction of sp³-hybridized carbons (Fsp3) is 0.400. The van der Waals surface area contributed by atoms with Gasteiger partial charge >= 0.3 is 0 Å². The highest BCUT2D eigenvalue weighted by molar-refractivity contribution is 9.10. The molecule has 0 heterocycles. The van der Waals surface area contributed by atoms with E-state index in [0.29, 0.717) is 0 Å². The van der Waals surface area contributed by atoms with Crippen LogP contribution in [-0.2, 0) is 0 Å². The number of aliphatic hydroxyl groups excluding tert-OH is 1. The van der Waals surface area contributed by atoms with Crippen molar-refractivity contribution in [3.05, 3.63) is 27.7 Å². The lowest BCUT2D eigenvalue weighted by atomic mass is 10.1. The van der Waals surface area contributed by atoms with Crippen molar-refractivity contribution >= 4 is 15.9 Å². The molecule has 78 valence electrons. The molecule has 3 nitrogen and oxygen atoms in total. The molecule has 0 aliphatic rings. The molecular weight excluding hydrogens is 246 g/mol. The van der Waals surface area contributed by atoms with Gasteiger partial charge in [0.2, 0.25) is 0 Å². The van der Waals surface area contributed by atoms with Crippen molar-refractivity contribution in [3.8, 4) is 5.75 Å². The molecule has 1 atom stereocenters. The largest absolute Gasteiger partial charge is 0.495 e. The van der Waals surface area contributed by atoms with E-state index in [-0.39, 0.29) is 6.54 Å². The number of methoxy groups -OCH3 is 1. The second-order valence-corrected chi connectivity index (χ2v) is 3.96. The number of nitrogens with two attached hydrogens (primary N) is 1. The molecule has 0 aliphatic carbocycles. The summed E-state index contributed by atoms with van der Waals surface area (Å²) in [4.78, 5) is 0. The van der Waals surface area contributed by atoms with Gasteiger partial charge in [0.05, 0.1) is 17.7 Å². The Balaban J connectivity index is 3.13. The molecule has 0 aromatic heterocycles. The van der Waals surface area contributed by atoms with Crippen molar-refractivity contribution in [3.63, 3.8) is 0 Å². The van der Waals surface area contributed by atoms with Crippen LogP contribution in [-0.4, -0.2) is 18.8 Å². The summed E-state index contributed by atoms with van der Waals surface area (Å²) in [6.45, 7) is 2.15. The van der Waals surface area contributed by atoms with Crippen LogP contribution in [0.25, 0.3) is 0 Å². The monoisotopic (exact) mass is 259 g/mol. The predicted molar refractivity (Wildman–Crippen MR) is 59.4 cm³/mol. The van der Waals surface area contributed by atoms with E-state index in [2.05, 4.69) is 15.9 Å². The van der Waals surface area contributed by atoms with Crippen LogP contribution in [0, 0.1) is 6.92 Å². The van der Waals surface area contributed by atoms with E-state index in [9.17, 15) is 5.11 Å². The van der Waals surface area contributed by atoms with E-state index >= 15 is 0 Å². The smallest absolute Gasteiger partial charge is 0.135 e. The van der Waals surface area contributed by atoms with Crippen molar-refractivity contribution in [1.82, 2.24) is 0 Å². The summed E-state index contributed by atoms with van der Waals surface area (Å²) in [5, 5.41) is 9.56. The van der Waals surface area contributed by atoms with Gasteiger partial charge < -0.3 is 15.6 Å². The summed E-state index contributed by atoms with van der Waals surface area (Å²) >= 11 is 3.38. The van der Waals surface area contributed by atoms with Crippen LogP contribution in [0.5, 0.6) is 5.75 Å². The van der Waals surface area contributed by atoms with Gasteiger partial charge in [-0.05, 0) is 46.1 Å². The fourth-order valence-electron chi connectivity index (χ4n) is 1.34. The van der Waals surface area contributed by atoms with Crippen LogP contribution >= 0.6 is 15.9 Å². The molecule has 1 unspecified atom stereocenters. The minimum atomic E-state index is -0.615. The van der Waals surface area contributed by atoms with Gasteiger partial charge in [-0.3, -0.25) is 0 Å². The number of hydrogen-bond donors (Lipinski definition) is 2. The standard InChI is InChI=1S/C10H14BrNO2/c1-6-3-7(9(13)5-12)4-8(11)10(6)14-2/h3-4,9,13H,5,12H2,1-2H3. The van der Waals surface area contributed by atoms with Crippen molar-refractivity contribution in [2.75, 3.05) is 13.7 Å². The van der Waals surface area contributed by atoms with Crippen LogP contribution in [0.3, 0.4) is 0 Å². The van der Waals surface area contributed by atoms with Crippen LogP contribution in [0.1, 0.15) is 17.2 Å². The SMILES string of the molecule is COc1c(C)cc(C(O)CN)cc1Br. The molecule has 1 aromatic carbocycles. The summed E-state index contributed by atoms with van der Waals surface area (Å²) in [7, 11) is 1.62. The predicted octanol–water partition coefficient (Wildman–Crippen LogP) is 1.76. The normalized spacial score (nSPS) is 12.6. The Morgan fingerprint density at radius 2 is 2.21 bits per heavy atom. The third-order valence-corrected chi connectivity index (χ3v) is 2.65. The van der Waals surface area contributed by atoms with E-state index in [4.69, 9.17) is 10.5 Å². The third kappa shape index (κ3) is 2.26. The summed E-state index contributed by atoms with van der Waals surface area (Å²) in [5.41, 5.74) is 7.16. The first-order valence-electron chi connectivity index (χ1n) is 4.32. The molecule has 1 aromatic rings. The quantitative estimate of drug-likeness (QED) is 0.870. The molecule has 0 aliphatic heterocycles. The van der Waals surface area contributed by atoms with Gasteiger partial charge in [0.25, 0.3) is 0 Å². The van der Waals surface area contributed by atoms with Crippen molar-refractivity contribution in [2.45, 2.75) is 13.0 Å². The van der Waals surface area contributed by atoms with E-state index in [1.165, 1.54) is 0 Å². The van der Waals surface area contributed by atoms with Gasteiger partial charge in [0.15, 0.2) is 0 Å². The molecule has 0 spiro atoms. The van der Waals surface area contributed by atoms with E-state index in [1.54, 1.807) is 7.11 Å². The van der Waals surface area contributed by atoms with Gasteiger partial charge in [-0.25, -0.2) is 0 Å². The zero-order chi connectivity index (χ0) is 10.7. The average Bonchev–Trinajstić information content (AvgIpc) is 2.16. The number of rotatable bonds is 3. The Kier molecular flexibility index (Phi) is 3.92. The molecule has 0 saturated heterocycles. The summed E-state index contributed by atoms with van der Waals surface area (Å²) in [6.07, 6.45) is -0.615.